The predicted octanol–water partition coefficient (Wildman–Crippen LogP) is 0.956. The van der Waals surface area contributed by atoms with Gasteiger partial charge in [-0.1, -0.05) is 30.3 Å². The van der Waals surface area contributed by atoms with E-state index in [-0.39, 0.29) is 24.6 Å². The summed E-state index contributed by atoms with van der Waals surface area (Å²) in [5, 5.41) is 0. The van der Waals surface area contributed by atoms with E-state index in [1.54, 1.807) is 0 Å². The summed E-state index contributed by atoms with van der Waals surface area (Å²) in [7, 11) is 1.22. The largest absolute Gasteiger partial charge is 0.483 e. The highest BCUT2D eigenvalue weighted by Crippen LogP contribution is 2.22. The number of hydrogen-bond donors (Lipinski definition) is 1. The number of nitrogens with zero attached hydrogens (tertiary/aromatic N) is 1. The number of fused-ring (bicyclic) bond motifs is 1. The molecule has 0 saturated carbocycles. The first-order chi connectivity index (χ1) is 11.6. The van der Waals surface area contributed by atoms with Crippen molar-refractivity contribution in [3.05, 3.63) is 64.1 Å². The third-order valence-electron chi connectivity index (χ3n) is 3.78. The number of benzene rings is 1. The first-order valence-electron chi connectivity index (χ1n) is 7.40. The van der Waals surface area contributed by atoms with E-state index in [0.717, 1.165) is 5.56 Å². The lowest BCUT2D eigenvalue weighted by atomic mass is 9.99. The second-order valence-corrected chi connectivity index (χ2v) is 5.30. The summed E-state index contributed by atoms with van der Waals surface area (Å²) in [6.45, 7) is 0.239. The highest BCUT2D eigenvalue weighted by molar-refractivity contribution is 6.10. The molecule has 0 bridgehead atoms. The number of pyridine rings is 1. The van der Waals surface area contributed by atoms with Crippen LogP contribution in [0.2, 0.25) is 0 Å². The summed E-state index contributed by atoms with van der Waals surface area (Å²) < 4.78 is 11.7. The van der Waals surface area contributed by atoms with Gasteiger partial charge >= 0.3 is 5.97 Å². The lowest BCUT2D eigenvalue weighted by molar-refractivity contribution is -0.143. The summed E-state index contributed by atoms with van der Waals surface area (Å²) in [6, 6.07) is 10.6. The van der Waals surface area contributed by atoms with Gasteiger partial charge in [-0.2, -0.15) is 0 Å². The molecule has 1 aliphatic rings. The number of hydrogen-bond acceptors (Lipinski definition) is 6. The van der Waals surface area contributed by atoms with Gasteiger partial charge in [0.1, 0.15) is 12.5 Å². The van der Waals surface area contributed by atoms with Gasteiger partial charge in [0.2, 0.25) is 11.2 Å². The maximum absolute atomic E-state index is 12.6. The van der Waals surface area contributed by atoms with Crippen LogP contribution in [0.1, 0.15) is 16.1 Å². The molecule has 0 aliphatic carbocycles. The van der Waals surface area contributed by atoms with Gasteiger partial charge in [0.15, 0.2) is 11.4 Å². The number of carbonyl (C=O) groups excluding carboxylic acids is 2. The van der Waals surface area contributed by atoms with Crippen molar-refractivity contribution in [1.82, 2.24) is 4.68 Å². The van der Waals surface area contributed by atoms with Crippen LogP contribution in [0.3, 0.4) is 0 Å². The number of ketones is 1. The van der Waals surface area contributed by atoms with Crippen molar-refractivity contribution in [3.63, 3.8) is 0 Å². The molecule has 0 amide bonds. The molecule has 124 valence electrons. The van der Waals surface area contributed by atoms with Crippen molar-refractivity contribution in [2.24, 2.45) is 5.92 Å². The Hall–Kier alpha value is -3.09. The molecule has 0 saturated heterocycles. The highest BCUT2D eigenvalue weighted by atomic mass is 16.5. The molecule has 1 unspecified atom stereocenters. The summed E-state index contributed by atoms with van der Waals surface area (Å²) in [5.41, 5.74) is 3.37. The molecule has 1 aromatic heterocycles. The van der Waals surface area contributed by atoms with Gasteiger partial charge in [-0.3, -0.25) is 19.1 Å². The maximum atomic E-state index is 12.6. The van der Waals surface area contributed by atoms with Crippen molar-refractivity contribution < 1.29 is 19.1 Å². The Labute approximate surface area is 137 Å². The zero-order chi connectivity index (χ0) is 17.1. The van der Waals surface area contributed by atoms with Gasteiger partial charge in [0.25, 0.3) is 0 Å². The monoisotopic (exact) mass is 328 g/mol. The van der Waals surface area contributed by atoms with E-state index in [4.69, 9.17) is 4.74 Å². The number of ether oxygens (including phenoxy) is 2. The minimum atomic E-state index is -1.00. The van der Waals surface area contributed by atoms with Crippen LogP contribution >= 0.6 is 0 Å². The summed E-state index contributed by atoms with van der Waals surface area (Å²) >= 11 is 0. The maximum Gasteiger partial charge on any atom is 0.318 e. The van der Waals surface area contributed by atoms with Crippen LogP contribution in [0.5, 0.6) is 5.75 Å². The first kappa shape index (κ1) is 15.8. The Morgan fingerprint density at radius 1 is 1.25 bits per heavy atom. The molecule has 1 aromatic carbocycles. The topological polar surface area (TPSA) is 86.6 Å². The van der Waals surface area contributed by atoms with E-state index in [9.17, 15) is 14.4 Å². The fourth-order valence-electron chi connectivity index (χ4n) is 2.53. The molecule has 0 spiro atoms. The highest BCUT2D eigenvalue weighted by Gasteiger charge is 2.36. The Balaban J connectivity index is 1.95. The van der Waals surface area contributed by atoms with Crippen LogP contribution in [0.25, 0.3) is 0 Å². The average Bonchev–Trinajstić information content (AvgIpc) is 2.61. The first-order valence-corrected chi connectivity index (χ1v) is 7.40. The smallest absolute Gasteiger partial charge is 0.318 e. The molecule has 0 radical (unpaired) electrons. The normalized spacial score (nSPS) is 16.0. The van der Waals surface area contributed by atoms with Crippen molar-refractivity contribution in [2.75, 3.05) is 19.1 Å². The van der Waals surface area contributed by atoms with E-state index in [1.807, 2.05) is 30.3 Å². The van der Waals surface area contributed by atoms with E-state index >= 15 is 0 Å². The van der Waals surface area contributed by atoms with Crippen LogP contribution < -0.4 is 15.6 Å². The SMILES string of the molecule is COC(=O)C1CNn2ccc(=O)c(OCc3ccccc3)c2C1=O. The van der Waals surface area contributed by atoms with Crippen LogP contribution in [-0.4, -0.2) is 30.1 Å². The lowest BCUT2D eigenvalue weighted by Crippen LogP contribution is -2.43. The molecule has 1 atom stereocenters. The molecule has 0 fully saturated rings. The number of rotatable bonds is 4. The van der Waals surface area contributed by atoms with E-state index in [2.05, 4.69) is 10.2 Å². The van der Waals surface area contributed by atoms with E-state index in [1.165, 1.54) is 24.0 Å². The molecule has 1 aliphatic heterocycles. The third-order valence-corrected chi connectivity index (χ3v) is 3.78. The lowest BCUT2D eigenvalue weighted by Gasteiger charge is -2.26. The zero-order valence-corrected chi connectivity index (χ0v) is 13.0. The standard InChI is InChI=1S/C17H16N2O5/c1-23-17(22)12-9-18-19-8-7-13(20)16(14(19)15(12)21)24-10-11-5-3-2-4-6-11/h2-8,12,18H,9-10H2,1H3. The summed E-state index contributed by atoms with van der Waals surface area (Å²) in [4.78, 5) is 36.5. The van der Waals surface area contributed by atoms with Gasteiger partial charge in [0.05, 0.1) is 13.7 Å². The number of esters is 1. The van der Waals surface area contributed by atoms with Crippen molar-refractivity contribution in [2.45, 2.75) is 6.61 Å². The molecule has 2 heterocycles. The summed E-state index contributed by atoms with van der Waals surface area (Å²) in [6.07, 6.45) is 1.44. The minimum absolute atomic E-state index is 0.0279. The Bertz CT molecular complexity index is 829. The van der Waals surface area contributed by atoms with Crippen LogP contribution in [0.4, 0.5) is 0 Å². The Morgan fingerprint density at radius 3 is 2.71 bits per heavy atom. The van der Waals surface area contributed by atoms with E-state index < -0.39 is 23.1 Å². The fourth-order valence-corrected chi connectivity index (χ4v) is 2.53. The second-order valence-electron chi connectivity index (χ2n) is 5.30. The summed E-state index contributed by atoms with van der Waals surface area (Å²) in [5.74, 6) is -2.23. The van der Waals surface area contributed by atoms with Crippen molar-refractivity contribution >= 4 is 11.8 Å². The molecule has 1 N–H and O–H groups in total. The molecular formula is C17H16N2O5. The Kier molecular flexibility index (Phi) is 4.33. The van der Waals surface area contributed by atoms with Gasteiger partial charge in [-0.25, -0.2) is 0 Å². The number of carbonyl (C=O) groups is 2. The van der Waals surface area contributed by atoms with Gasteiger partial charge in [-0.05, 0) is 5.56 Å². The average molecular weight is 328 g/mol. The molecule has 3 rings (SSSR count). The van der Waals surface area contributed by atoms with Crippen LogP contribution in [0, 0.1) is 5.92 Å². The van der Waals surface area contributed by atoms with E-state index in [0.29, 0.717) is 0 Å². The third kappa shape index (κ3) is 2.88. The van der Waals surface area contributed by atoms with Gasteiger partial charge in [-0.15, -0.1) is 0 Å². The number of aromatic nitrogens is 1. The van der Waals surface area contributed by atoms with Gasteiger partial charge < -0.3 is 14.9 Å². The molecule has 7 heteroatoms. The number of nitrogens with one attached hydrogen (secondary N) is 1. The predicted molar refractivity (Wildman–Crippen MR) is 85.5 cm³/mol. The fraction of sp³-hybridized carbons (Fsp3) is 0.235. The molecule has 2 aromatic rings. The minimum Gasteiger partial charge on any atom is -0.483 e. The number of methoxy groups -OCH3 is 1. The van der Waals surface area contributed by atoms with Crippen LogP contribution in [-0.2, 0) is 16.1 Å². The number of Topliss-reactive ketones (excluding diaryl/α,β-unsaturated/α-hetero) is 1. The molecule has 24 heavy (non-hydrogen) atoms. The Morgan fingerprint density at radius 2 is 2.00 bits per heavy atom. The molecular weight excluding hydrogens is 312 g/mol. The zero-order valence-electron chi connectivity index (χ0n) is 13.0. The van der Waals surface area contributed by atoms with Crippen LogP contribution in [0.15, 0.2) is 47.4 Å². The van der Waals surface area contributed by atoms with Gasteiger partial charge in [0, 0.05) is 12.3 Å². The second kappa shape index (κ2) is 6.57. The van der Waals surface area contributed by atoms with Crippen molar-refractivity contribution in [1.29, 1.82) is 0 Å². The quantitative estimate of drug-likeness (QED) is 0.664. The molecule has 7 nitrogen and oxygen atoms in total. The van der Waals surface area contributed by atoms with Crippen molar-refractivity contribution in [3.8, 4) is 5.75 Å².